The number of ether oxygens (including phenoxy) is 1. The highest BCUT2D eigenvalue weighted by Gasteiger charge is 2.41. The summed E-state index contributed by atoms with van der Waals surface area (Å²) in [7, 11) is 0. The van der Waals surface area contributed by atoms with Crippen LogP contribution in [0.3, 0.4) is 0 Å². The molecule has 0 bridgehead atoms. The van der Waals surface area contributed by atoms with Gasteiger partial charge in [0.2, 0.25) is 0 Å². The molecule has 2 N–H and O–H groups in total. The lowest BCUT2D eigenvalue weighted by atomic mass is 10.1. The summed E-state index contributed by atoms with van der Waals surface area (Å²) in [6.45, 7) is 0.574. The first kappa shape index (κ1) is 13.6. The molecule has 1 amide bonds. The number of rotatable bonds is 3. The van der Waals surface area contributed by atoms with Crippen molar-refractivity contribution >= 4 is 17.2 Å². The maximum Gasteiger partial charge on any atom is 0.252 e. The third-order valence-corrected chi connectivity index (χ3v) is 4.54. The monoisotopic (exact) mass is 291 g/mol. The molecule has 1 aromatic rings. The standard InChI is InChI=1S/C15H17NO3S/c17-6-1-2-12-8-11(9-20-12)15(18)16-13-5-7-19-14(13)10-3-4-10/h8-10,13-14,17H,3-7H2,(H,16,18). The minimum absolute atomic E-state index is 0.0561. The number of aliphatic hydroxyl groups excluding tert-OH is 1. The molecule has 1 aromatic heterocycles. The van der Waals surface area contributed by atoms with Crippen LogP contribution in [0.2, 0.25) is 0 Å². The normalized spacial score (nSPS) is 25.1. The largest absolute Gasteiger partial charge is 0.384 e. The topological polar surface area (TPSA) is 58.6 Å². The highest BCUT2D eigenvalue weighted by atomic mass is 32.1. The molecule has 1 saturated carbocycles. The first-order valence-electron chi connectivity index (χ1n) is 6.88. The summed E-state index contributed by atoms with van der Waals surface area (Å²) in [5.41, 5.74) is 0.638. The summed E-state index contributed by atoms with van der Waals surface area (Å²) >= 11 is 1.42. The van der Waals surface area contributed by atoms with Gasteiger partial charge in [0, 0.05) is 12.0 Å². The Hall–Kier alpha value is -1.35. The number of aliphatic hydroxyl groups is 1. The number of carbonyl (C=O) groups excluding carboxylic acids is 1. The summed E-state index contributed by atoms with van der Waals surface area (Å²) in [5.74, 6) is 5.98. The molecule has 2 fully saturated rings. The molecule has 0 radical (unpaired) electrons. The molecule has 3 rings (SSSR count). The lowest BCUT2D eigenvalue weighted by Gasteiger charge is -2.19. The molecule has 4 nitrogen and oxygen atoms in total. The fraction of sp³-hybridized carbons (Fsp3) is 0.533. The summed E-state index contributed by atoms with van der Waals surface area (Å²) in [5, 5.41) is 13.5. The van der Waals surface area contributed by atoms with E-state index < -0.39 is 0 Å². The first-order chi connectivity index (χ1) is 9.78. The Morgan fingerprint density at radius 3 is 3.10 bits per heavy atom. The van der Waals surface area contributed by atoms with Gasteiger partial charge < -0.3 is 15.2 Å². The average Bonchev–Trinajstić information content (AvgIpc) is 3.00. The van der Waals surface area contributed by atoms with Gasteiger partial charge in [-0.3, -0.25) is 4.79 Å². The molecular formula is C15H17NO3S. The Morgan fingerprint density at radius 2 is 2.35 bits per heavy atom. The number of thiophene rings is 1. The van der Waals surface area contributed by atoms with E-state index in [4.69, 9.17) is 9.84 Å². The van der Waals surface area contributed by atoms with E-state index in [9.17, 15) is 4.79 Å². The Labute approximate surface area is 122 Å². The molecule has 2 heterocycles. The van der Waals surface area contributed by atoms with Gasteiger partial charge in [0.1, 0.15) is 6.61 Å². The zero-order chi connectivity index (χ0) is 13.9. The third kappa shape index (κ3) is 3.04. The molecule has 0 spiro atoms. The molecule has 5 heteroatoms. The van der Waals surface area contributed by atoms with Crippen molar-refractivity contribution in [2.45, 2.75) is 31.4 Å². The van der Waals surface area contributed by atoms with E-state index in [0.717, 1.165) is 17.9 Å². The average molecular weight is 291 g/mol. The van der Waals surface area contributed by atoms with Gasteiger partial charge in [-0.25, -0.2) is 0 Å². The second-order valence-corrected chi connectivity index (χ2v) is 6.11. The summed E-state index contributed by atoms with van der Waals surface area (Å²) < 4.78 is 5.72. The second kappa shape index (κ2) is 5.96. The van der Waals surface area contributed by atoms with Gasteiger partial charge in [-0.15, -0.1) is 11.3 Å². The van der Waals surface area contributed by atoms with E-state index >= 15 is 0 Å². The van der Waals surface area contributed by atoms with Crippen LogP contribution in [-0.4, -0.2) is 36.4 Å². The predicted octanol–water partition coefficient (Wildman–Crippen LogP) is 1.39. The molecule has 2 aliphatic rings. The van der Waals surface area contributed by atoms with E-state index in [0.29, 0.717) is 11.5 Å². The molecule has 1 aliphatic carbocycles. The van der Waals surface area contributed by atoms with Crippen LogP contribution in [0.5, 0.6) is 0 Å². The summed E-state index contributed by atoms with van der Waals surface area (Å²) in [4.78, 5) is 13.0. The molecule has 2 atom stereocenters. The summed E-state index contributed by atoms with van der Waals surface area (Å²) in [6, 6.07) is 1.91. The maximum atomic E-state index is 12.2. The quantitative estimate of drug-likeness (QED) is 0.827. The van der Waals surface area contributed by atoms with Crippen molar-refractivity contribution in [2.75, 3.05) is 13.2 Å². The van der Waals surface area contributed by atoms with Crippen LogP contribution in [0.15, 0.2) is 11.4 Å². The first-order valence-corrected chi connectivity index (χ1v) is 7.76. The predicted molar refractivity (Wildman–Crippen MR) is 76.6 cm³/mol. The lowest BCUT2D eigenvalue weighted by molar-refractivity contribution is 0.0730. The van der Waals surface area contributed by atoms with Gasteiger partial charge in [0.05, 0.1) is 22.6 Å². The number of hydrogen-bond acceptors (Lipinski definition) is 4. The van der Waals surface area contributed by atoms with Crippen LogP contribution in [0, 0.1) is 17.8 Å². The van der Waals surface area contributed by atoms with Crippen LogP contribution < -0.4 is 5.32 Å². The van der Waals surface area contributed by atoms with Crippen molar-refractivity contribution < 1.29 is 14.6 Å². The molecule has 0 aromatic carbocycles. The molecule has 20 heavy (non-hydrogen) atoms. The van der Waals surface area contributed by atoms with E-state index in [1.807, 2.05) is 0 Å². The van der Waals surface area contributed by atoms with Crippen LogP contribution in [0.25, 0.3) is 0 Å². The van der Waals surface area contributed by atoms with E-state index in [2.05, 4.69) is 17.2 Å². The van der Waals surface area contributed by atoms with Crippen molar-refractivity contribution in [1.29, 1.82) is 0 Å². The van der Waals surface area contributed by atoms with Gasteiger partial charge in [-0.1, -0.05) is 11.8 Å². The fourth-order valence-electron chi connectivity index (χ4n) is 2.55. The van der Waals surface area contributed by atoms with Gasteiger partial charge in [-0.2, -0.15) is 0 Å². The minimum Gasteiger partial charge on any atom is -0.384 e. The van der Waals surface area contributed by atoms with Crippen molar-refractivity contribution in [3.05, 3.63) is 21.9 Å². The number of nitrogens with one attached hydrogen (secondary N) is 1. The van der Waals surface area contributed by atoms with Gasteiger partial charge in [0.15, 0.2) is 0 Å². The van der Waals surface area contributed by atoms with E-state index in [1.165, 1.54) is 24.2 Å². The Balaban J connectivity index is 1.62. The molecule has 1 saturated heterocycles. The highest BCUT2D eigenvalue weighted by Crippen LogP contribution is 2.38. The van der Waals surface area contributed by atoms with Crippen LogP contribution >= 0.6 is 11.3 Å². The molecule has 1 aliphatic heterocycles. The molecule has 106 valence electrons. The fourth-order valence-corrected chi connectivity index (χ4v) is 3.31. The Bertz CT molecular complexity index is 553. The van der Waals surface area contributed by atoms with Gasteiger partial charge in [-0.05, 0) is 31.2 Å². The maximum absolute atomic E-state index is 12.2. The van der Waals surface area contributed by atoms with Crippen molar-refractivity contribution in [3.8, 4) is 11.8 Å². The zero-order valence-corrected chi connectivity index (χ0v) is 11.9. The van der Waals surface area contributed by atoms with E-state index in [-0.39, 0.29) is 24.7 Å². The third-order valence-electron chi connectivity index (χ3n) is 3.69. The van der Waals surface area contributed by atoms with Gasteiger partial charge in [0.25, 0.3) is 5.91 Å². The van der Waals surface area contributed by atoms with Crippen LogP contribution in [0.1, 0.15) is 34.5 Å². The Kier molecular flexibility index (Phi) is 4.06. The van der Waals surface area contributed by atoms with Crippen molar-refractivity contribution in [1.82, 2.24) is 5.32 Å². The second-order valence-electron chi connectivity index (χ2n) is 5.20. The molecular weight excluding hydrogens is 274 g/mol. The molecule has 2 unspecified atom stereocenters. The minimum atomic E-state index is -0.165. The van der Waals surface area contributed by atoms with Gasteiger partial charge >= 0.3 is 0 Å². The van der Waals surface area contributed by atoms with Crippen LogP contribution in [-0.2, 0) is 4.74 Å². The number of carbonyl (C=O) groups is 1. The van der Waals surface area contributed by atoms with Crippen molar-refractivity contribution in [3.63, 3.8) is 0 Å². The number of amides is 1. The van der Waals surface area contributed by atoms with E-state index in [1.54, 1.807) is 11.4 Å². The van der Waals surface area contributed by atoms with Crippen LogP contribution in [0.4, 0.5) is 0 Å². The number of hydrogen-bond donors (Lipinski definition) is 2. The zero-order valence-electron chi connectivity index (χ0n) is 11.1. The highest BCUT2D eigenvalue weighted by molar-refractivity contribution is 7.10. The SMILES string of the molecule is O=C(NC1CCOC1C1CC1)c1csc(C#CCO)c1. The van der Waals surface area contributed by atoms with Crippen molar-refractivity contribution in [2.24, 2.45) is 5.92 Å². The summed E-state index contributed by atoms with van der Waals surface area (Å²) in [6.07, 6.45) is 3.53. The Morgan fingerprint density at radius 1 is 1.50 bits per heavy atom. The lowest BCUT2D eigenvalue weighted by Crippen LogP contribution is -2.41. The smallest absolute Gasteiger partial charge is 0.252 e.